The zero-order valence-electron chi connectivity index (χ0n) is 16.1. The maximum absolute atomic E-state index is 12.8. The number of amides is 2. The van der Waals surface area contributed by atoms with Gasteiger partial charge in [0.2, 0.25) is 0 Å². The van der Waals surface area contributed by atoms with Crippen molar-refractivity contribution in [3.8, 4) is 0 Å². The average molecular weight is 392 g/mol. The average Bonchev–Trinajstić information content (AvgIpc) is 3.23. The fraction of sp³-hybridized carbons (Fsp3) is 0.304. The van der Waals surface area contributed by atoms with Crippen LogP contribution in [-0.2, 0) is 5.41 Å². The summed E-state index contributed by atoms with van der Waals surface area (Å²) in [6, 6.07) is 18.3. The normalized spacial score (nSPS) is 15.5. The largest absolute Gasteiger partial charge is 0.337 e. The van der Waals surface area contributed by atoms with Crippen LogP contribution >= 0.6 is 11.8 Å². The van der Waals surface area contributed by atoms with Crippen molar-refractivity contribution in [3.05, 3.63) is 66.4 Å². The Balaban J connectivity index is 1.53. The number of thioether (sulfide) groups is 1. The molecule has 4 nitrogen and oxygen atoms in total. The van der Waals surface area contributed by atoms with Crippen molar-refractivity contribution in [3.63, 3.8) is 0 Å². The standard InChI is InChI=1S/C23H25N3OS/c1-28-20-12-11-19-18(10-7-15-24-19)21(20)26-22(27)25-16-23(13-5-6-14-23)17-8-3-2-4-9-17/h2-4,7-12,15H,5-6,13-14,16H2,1H3,(H2,25,26,27). The van der Waals surface area contributed by atoms with Crippen molar-refractivity contribution in [2.75, 3.05) is 18.1 Å². The molecule has 4 rings (SSSR count). The number of fused-ring (bicyclic) bond motifs is 1. The second kappa shape index (κ2) is 8.23. The van der Waals surface area contributed by atoms with Gasteiger partial charge in [-0.25, -0.2) is 4.79 Å². The number of hydrogen-bond donors (Lipinski definition) is 2. The van der Waals surface area contributed by atoms with Gasteiger partial charge in [0.15, 0.2) is 0 Å². The zero-order chi connectivity index (χ0) is 19.4. The second-order valence-corrected chi connectivity index (χ2v) is 8.22. The van der Waals surface area contributed by atoms with Crippen LogP contribution in [0.5, 0.6) is 0 Å². The van der Waals surface area contributed by atoms with Crippen LogP contribution in [0.15, 0.2) is 65.7 Å². The summed E-state index contributed by atoms with van der Waals surface area (Å²) < 4.78 is 0. The Kier molecular flexibility index (Phi) is 5.53. The van der Waals surface area contributed by atoms with Crippen LogP contribution in [-0.4, -0.2) is 23.8 Å². The molecule has 2 N–H and O–H groups in total. The van der Waals surface area contributed by atoms with Gasteiger partial charge in [-0.1, -0.05) is 43.2 Å². The molecule has 1 fully saturated rings. The Morgan fingerprint density at radius 2 is 1.86 bits per heavy atom. The van der Waals surface area contributed by atoms with E-state index in [4.69, 9.17) is 0 Å². The lowest BCUT2D eigenvalue weighted by Gasteiger charge is -2.30. The topological polar surface area (TPSA) is 54.0 Å². The molecule has 1 heterocycles. The van der Waals surface area contributed by atoms with Crippen molar-refractivity contribution in [2.45, 2.75) is 36.0 Å². The highest BCUT2D eigenvalue weighted by molar-refractivity contribution is 7.98. The number of hydrogen-bond acceptors (Lipinski definition) is 3. The highest BCUT2D eigenvalue weighted by Crippen LogP contribution is 2.40. The Labute approximate surface area is 170 Å². The molecular formula is C23H25N3OS. The van der Waals surface area contributed by atoms with E-state index in [1.165, 1.54) is 18.4 Å². The highest BCUT2D eigenvalue weighted by atomic mass is 32.2. The lowest BCUT2D eigenvalue weighted by molar-refractivity contribution is 0.248. The third-order valence-corrected chi connectivity index (χ3v) is 6.52. The fourth-order valence-electron chi connectivity index (χ4n) is 4.25. The van der Waals surface area contributed by atoms with Gasteiger partial charge in [-0.2, -0.15) is 0 Å². The number of nitrogens with zero attached hydrogens (tertiary/aromatic N) is 1. The van der Waals surface area contributed by atoms with E-state index in [1.54, 1.807) is 18.0 Å². The van der Waals surface area contributed by atoms with Gasteiger partial charge in [-0.15, -0.1) is 11.8 Å². The molecule has 0 spiro atoms. The minimum absolute atomic E-state index is 0.0429. The summed E-state index contributed by atoms with van der Waals surface area (Å²) in [6.07, 6.45) is 8.45. The number of urea groups is 1. The third kappa shape index (κ3) is 3.72. The molecule has 28 heavy (non-hydrogen) atoms. The molecule has 1 aliphatic carbocycles. The van der Waals surface area contributed by atoms with Crippen molar-refractivity contribution in [2.24, 2.45) is 0 Å². The maximum atomic E-state index is 12.8. The van der Waals surface area contributed by atoms with E-state index >= 15 is 0 Å². The van der Waals surface area contributed by atoms with E-state index in [0.717, 1.165) is 34.3 Å². The minimum Gasteiger partial charge on any atom is -0.337 e. The van der Waals surface area contributed by atoms with E-state index < -0.39 is 0 Å². The van der Waals surface area contributed by atoms with E-state index in [1.807, 2.05) is 36.6 Å². The smallest absolute Gasteiger partial charge is 0.319 e. The third-order valence-electron chi connectivity index (χ3n) is 5.74. The number of pyridine rings is 1. The lowest BCUT2D eigenvalue weighted by Crippen LogP contribution is -2.41. The van der Waals surface area contributed by atoms with Crippen molar-refractivity contribution >= 4 is 34.4 Å². The van der Waals surface area contributed by atoms with Crippen LogP contribution in [0.25, 0.3) is 10.9 Å². The van der Waals surface area contributed by atoms with Crippen LogP contribution in [0.3, 0.4) is 0 Å². The van der Waals surface area contributed by atoms with Gasteiger partial charge in [0.1, 0.15) is 0 Å². The number of carbonyl (C=O) groups excluding carboxylic acids is 1. The minimum atomic E-state index is -0.158. The lowest BCUT2D eigenvalue weighted by atomic mass is 9.79. The fourth-order valence-corrected chi connectivity index (χ4v) is 4.82. The van der Waals surface area contributed by atoms with Gasteiger partial charge < -0.3 is 10.6 Å². The maximum Gasteiger partial charge on any atom is 0.319 e. The first-order valence-corrected chi connectivity index (χ1v) is 11.0. The summed E-state index contributed by atoms with van der Waals surface area (Å²) in [5, 5.41) is 7.20. The monoisotopic (exact) mass is 391 g/mol. The number of rotatable bonds is 5. The van der Waals surface area contributed by atoms with Gasteiger partial charge in [-0.3, -0.25) is 4.98 Å². The molecule has 0 saturated heterocycles. The van der Waals surface area contributed by atoms with Crippen molar-refractivity contribution in [1.82, 2.24) is 10.3 Å². The first kappa shape index (κ1) is 18.8. The van der Waals surface area contributed by atoms with Gasteiger partial charge in [0, 0.05) is 28.4 Å². The number of benzene rings is 2. The summed E-state index contributed by atoms with van der Waals surface area (Å²) in [7, 11) is 0. The van der Waals surface area contributed by atoms with Crippen LogP contribution in [0, 0.1) is 0 Å². The second-order valence-electron chi connectivity index (χ2n) is 7.37. The molecule has 0 unspecified atom stereocenters. The summed E-state index contributed by atoms with van der Waals surface area (Å²) in [6.45, 7) is 0.653. The summed E-state index contributed by atoms with van der Waals surface area (Å²) in [5.74, 6) is 0. The van der Waals surface area contributed by atoms with E-state index in [9.17, 15) is 4.79 Å². The van der Waals surface area contributed by atoms with E-state index in [2.05, 4.69) is 39.9 Å². The molecule has 2 aromatic carbocycles. The Hall–Kier alpha value is -2.53. The molecule has 0 bridgehead atoms. The first-order valence-electron chi connectivity index (χ1n) is 9.74. The molecule has 2 amide bonds. The molecule has 1 aromatic heterocycles. The number of nitrogens with one attached hydrogen (secondary N) is 2. The van der Waals surface area contributed by atoms with Gasteiger partial charge in [-0.05, 0) is 48.9 Å². The number of anilines is 1. The Bertz CT molecular complexity index is 968. The zero-order valence-corrected chi connectivity index (χ0v) is 16.9. The molecule has 5 heteroatoms. The Morgan fingerprint density at radius 1 is 1.07 bits per heavy atom. The molecule has 144 valence electrons. The van der Waals surface area contributed by atoms with E-state index in [-0.39, 0.29) is 11.4 Å². The van der Waals surface area contributed by atoms with Crippen LogP contribution in [0.2, 0.25) is 0 Å². The molecule has 0 atom stereocenters. The van der Waals surface area contributed by atoms with Crippen molar-refractivity contribution in [1.29, 1.82) is 0 Å². The highest BCUT2D eigenvalue weighted by Gasteiger charge is 2.35. The summed E-state index contributed by atoms with van der Waals surface area (Å²) in [5.41, 5.74) is 3.08. The Morgan fingerprint density at radius 3 is 2.61 bits per heavy atom. The van der Waals surface area contributed by atoms with Gasteiger partial charge in [0.25, 0.3) is 0 Å². The molecule has 1 saturated carbocycles. The predicted octanol–water partition coefficient (Wildman–Crippen LogP) is 5.59. The molecule has 1 aliphatic rings. The van der Waals surface area contributed by atoms with E-state index in [0.29, 0.717) is 6.54 Å². The molecule has 0 radical (unpaired) electrons. The van der Waals surface area contributed by atoms with Crippen LogP contribution in [0.4, 0.5) is 10.5 Å². The first-order chi connectivity index (χ1) is 13.7. The number of aromatic nitrogens is 1. The van der Waals surface area contributed by atoms with Crippen LogP contribution in [0.1, 0.15) is 31.2 Å². The molecule has 0 aliphatic heterocycles. The number of carbonyl (C=O) groups is 1. The van der Waals surface area contributed by atoms with Gasteiger partial charge >= 0.3 is 6.03 Å². The quantitative estimate of drug-likeness (QED) is 0.557. The SMILES string of the molecule is CSc1ccc2ncccc2c1NC(=O)NCC1(c2ccccc2)CCCC1. The van der Waals surface area contributed by atoms with Crippen LogP contribution < -0.4 is 10.6 Å². The van der Waals surface area contributed by atoms with Gasteiger partial charge in [0.05, 0.1) is 11.2 Å². The summed E-state index contributed by atoms with van der Waals surface area (Å²) in [4.78, 5) is 18.2. The predicted molar refractivity (Wildman–Crippen MR) is 117 cm³/mol. The molecular weight excluding hydrogens is 366 g/mol. The summed E-state index contributed by atoms with van der Waals surface area (Å²) >= 11 is 1.62. The molecule has 3 aromatic rings. The van der Waals surface area contributed by atoms with Crippen molar-refractivity contribution < 1.29 is 4.79 Å².